The van der Waals surface area contributed by atoms with Crippen LogP contribution in [-0.4, -0.2) is 38.5 Å². The second-order valence-corrected chi connectivity index (χ2v) is 8.73. The van der Waals surface area contributed by atoms with Crippen LogP contribution >= 0.6 is 11.6 Å². The summed E-state index contributed by atoms with van der Waals surface area (Å²) in [7, 11) is -0.223. The van der Waals surface area contributed by atoms with Crippen LogP contribution < -0.4 is 10.5 Å². The van der Waals surface area contributed by atoms with Crippen LogP contribution in [0.3, 0.4) is 0 Å². The summed E-state index contributed by atoms with van der Waals surface area (Å²) in [5.74, 6) is -1.20. The number of hydrogen-bond donors (Lipinski definition) is 1. The maximum absolute atomic E-state index is 13.3. The summed E-state index contributed by atoms with van der Waals surface area (Å²) in [6.45, 7) is 2.75. The molecular weight excluding hydrogens is 409 g/mol. The molecule has 0 unspecified atom stereocenters. The summed E-state index contributed by atoms with van der Waals surface area (Å²) in [6, 6.07) is 6.26. The number of nitrogens with zero attached hydrogens (tertiary/aromatic N) is 2. The Hall–Kier alpha value is -2.36. The molecule has 0 aliphatic heterocycles. The van der Waals surface area contributed by atoms with Crippen LogP contribution in [0.2, 0.25) is 5.02 Å². The summed E-state index contributed by atoms with van der Waals surface area (Å²) in [6.07, 6.45) is 0. The molecule has 28 heavy (non-hydrogen) atoms. The Bertz CT molecular complexity index is 1200. The summed E-state index contributed by atoms with van der Waals surface area (Å²) < 4.78 is 47.8. The van der Waals surface area contributed by atoms with Gasteiger partial charge >= 0.3 is 5.76 Å². The first-order valence-electron chi connectivity index (χ1n) is 8.35. The zero-order valence-corrected chi connectivity index (χ0v) is 17.1. The van der Waals surface area contributed by atoms with Crippen LogP contribution in [0.5, 0.6) is 0 Å². The number of rotatable bonds is 6. The number of aryl methyl sites for hydroxylation is 1. The molecule has 0 spiro atoms. The highest BCUT2D eigenvalue weighted by atomic mass is 35.5. The van der Waals surface area contributed by atoms with E-state index in [0.717, 1.165) is 6.07 Å². The van der Waals surface area contributed by atoms with Gasteiger partial charge in [0.25, 0.3) is 10.0 Å². The van der Waals surface area contributed by atoms with Crippen LogP contribution in [0.4, 0.5) is 10.1 Å². The fourth-order valence-electron chi connectivity index (χ4n) is 2.81. The standard InChI is InChI=1S/C18H19ClFN3O4S/c1-11-8-13(28(25,26)21-12-4-5-15(20)14(19)9-12)10-16-17(11)23(18(24)27-16)7-6-22(2)3/h4-5,8-10,21H,6-7H2,1-3H3. The average molecular weight is 428 g/mol. The molecule has 1 heterocycles. The number of anilines is 1. The molecule has 3 rings (SSSR count). The Balaban J connectivity index is 2.01. The van der Waals surface area contributed by atoms with Gasteiger partial charge in [0.2, 0.25) is 0 Å². The van der Waals surface area contributed by atoms with Crippen molar-refractivity contribution >= 4 is 38.4 Å². The van der Waals surface area contributed by atoms with E-state index in [1.165, 1.54) is 28.8 Å². The maximum Gasteiger partial charge on any atom is 0.420 e. The van der Waals surface area contributed by atoms with E-state index in [4.69, 9.17) is 16.0 Å². The van der Waals surface area contributed by atoms with Crippen molar-refractivity contribution in [2.45, 2.75) is 18.4 Å². The maximum atomic E-state index is 13.3. The number of hydrogen-bond acceptors (Lipinski definition) is 5. The molecule has 10 heteroatoms. The molecule has 150 valence electrons. The predicted octanol–water partition coefficient (Wildman–Crippen LogP) is 3.06. The summed E-state index contributed by atoms with van der Waals surface area (Å²) in [4.78, 5) is 14.0. The van der Waals surface area contributed by atoms with Gasteiger partial charge in [-0.2, -0.15) is 0 Å². The van der Waals surface area contributed by atoms with Gasteiger partial charge < -0.3 is 9.32 Å². The third kappa shape index (κ3) is 4.06. The van der Waals surface area contributed by atoms with E-state index in [1.54, 1.807) is 6.92 Å². The molecule has 0 atom stereocenters. The van der Waals surface area contributed by atoms with Crippen molar-refractivity contribution in [1.29, 1.82) is 0 Å². The highest BCUT2D eigenvalue weighted by Crippen LogP contribution is 2.26. The van der Waals surface area contributed by atoms with Crippen LogP contribution in [0, 0.1) is 12.7 Å². The summed E-state index contributed by atoms with van der Waals surface area (Å²) in [5, 5.41) is -0.198. The number of sulfonamides is 1. The van der Waals surface area contributed by atoms with Crippen molar-refractivity contribution in [3.05, 3.63) is 57.3 Å². The van der Waals surface area contributed by atoms with Gasteiger partial charge in [-0.1, -0.05) is 11.6 Å². The van der Waals surface area contributed by atoms with Gasteiger partial charge in [-0.3, -0.25) is 9.29 Å². The van der Waals surface area contributed by atoms with Crippen molar-refractivity contribution in [2.24, 2.45) is 0 Å². The first-order chi connectivity index (χ1) is 13.1. The lowest BCUT2D eigenvalue weighted by molar-refractivity contribution is 0.374. The Morgan fingerprint density at radius 3 is 2.61 bits per heavy atom. The number of halogens is 2. The van der Waals surface area contributed by atoms with Crippen LogP contribution in [0.25, 0.3) is 11.1 Å². The summed E-state index contributed by atoms with van der Waals surface area (Å²) >= 11 is 5.70. The highest BCUT2D eigenvalue weighted by Gasteiger charge is 2.20. The molecule has 0 saturated heterocycles. The van der Waals surface area contributed by atoms with Crippen molar-refractivity contribution in [1.82, 2.24) is 9.47 Å². The van der Waals surface area contributed by atoms with E-state index >= 15 is 0 Å². The molecule has 0 radical (unpaired) electrons. The number of benzene rings is 2. The third-order valence-corrected chi connectivity index (χ3v) is 5.83. The average Bonchev–Trinajstić information content (AvgIpc) is 2.92. The fourth-order valence-corrected chi connectivity index (χ4v) is 4.14. The number of oxazole rings is 1. The molecular formula is C18H19ClFN3O4S. The van der Waals surface area contributed by atoms with Crippen LogP contribution in [-0.2, 0) is 16.6 Å². The van der Waals surface area contributed by atoms with Crippen molar-refractivity contribution < 1.29 is 17.2 Å². The number of likely N-dealkylation sites (N-methyl/N-ethyl adjacent to an activating group) is 1. The SMILES string of the molecule is Cc1cc(S(=O)(=O)Nc2ccc(F)c(Cl)c2)cc2oc(=O)n(CCN(C)C)c12. The zero-order chi connectivity index (χ0) is 20.6. The molecule has 2 aromatic carbocycles. The topological polar surface area (TPSA) is 84.5 Å². The number of aromatic nitrogens is 1. The van der Waals surface area contributed by atoms with Crippen molar-refractivity contribution in [3.8, 4) is 0 Å². The Morgan fingerprint density at radius 1 is 1.25 bits per heavy atom. The molecule has 7 nitrogen and oxygen atoms in total. The predicted molar refractivity (Wildman–Crippen MR) is 106 cm³/mol. The lowest BCUT2D eigenvalue weighted by Gasteiger charge is -2.11. The molecule has 0 aliphatic rings. The lowest BCUT2D eigenvalue weighted by atomic mass is 10.2. The smallest absolute Gasteiger partial charge is 0.408 e. The first-order valence-corrected chi connectivity index (χ1v) is 10.2. The van der Waals surface area contributed by atoms with Crippen molar-refractivity contribution in [3.63, 3.8) is 0 Å². The number of nitrogens with one attached hydrogen (secondary N) is 1. The zero-order valence-electron chi connectivity index (χ0n) is 15.5. The second kappa shape index (κ2) is 7.57. The molecule has 3 aromatic rings. The quantitative estimate of drug-likeness (QED) is 0.653. The Kier molecular flexibility index (Phi) is 5.51. The van der Waals surface area contributed by atoms with E-state index in [9.17, 15) is 17.6 Å². The normalized spacial score (nSPS) is 12.1. The molecule has 0 amide bonds. The fraction of sp³-hybridized carbons (Fsp3) is 0.278. The highest BCUT2D eigenvalue weighted by molar-refractivity contribution is 7.92. The largest absolute Gasteiger partial charge is 0.420 e. The van der Waals surface area contributed by atoms with Gasteiger partial charge in [0.1, 0.15) is 5.82 Å². The number of fused-ring (bicyclic) bond motifs is 1. The van der Waals surface area contributed by atoms with E-state index in [-0.39, 0.29) is 21.2 Å². The van der Waals surface area contributed by atoms with Gasteiger partial charge in [0.05, 0.1) is 21.1 Å². The Labute approximate surface area is 166 Å². The molecule has 1 aromatic heterocycles. The molecule has 0 aliphatic carbocycles. The molecule has 0 fully saturated rings. The van der Waals surface area contributed by atoms with E-state index in [1.807, 2.05) is 19.0 Å². The monoisotopic (exact) mass is 427 g/mol. The van der Waals surface area contributed by atoms with Gasteiger partial charge in [0.15, 0.2) is 5.58 Å². The van der Waals surface area contributed by atoms with E-state index in [0.29, 0.717) is 24.2 Å². The third-order valence-electron chi connectivity index (χ3n) is 4.18. The van der Waals surface area contributed by atoms with Gasteiger partial charge in [-0.25, -0.2) is 17.6 Å². The van der Waals surface area contributed by atoms with Crippen LogP contribution in [0.1, 0.15) is 5.56 Å². The molecule has 1 N–H and O–H groups in total. The minimum absolute atomic E-state index is 0.0774. The Morgan fingerprint density at radius 2 is 1.96 bits per heavy atom. The van der Waals surface area contributed by atoms with E-state index in [2.05, 4.69) is 4.72 Å². The van der Waals surface area contributed by atoms with Gasteiger partial charge in [-0.15, -0.1) is 0 Å². The molecule has 0 bridgehead atoms. The van der Waals surface area contributed by atoms with E-state index < -0.39 is 21.6 Å². The van der Waals surface area contributed by atoms with Crippen molar-refractivity contribution in [2.75, 3.05) is 25.4 Å². The van der Waals surface area contributed by atoms with Gasteiger partial charge in [0, 0.05) is 19.2 Å². The van der Waals surface area contributed by atoms with Crippen LogP contribution in [0.15, 0.2) is 44.4 Å². The second-order valence-electron chi connectivity index (χ2n) is 6.64. The lowest BCUT2D eigenvalue weighted by Crippen LogP contribution is -2.24. The van der Waals surface area contributed by atoms with Gasteiger partial charge in [-0.05, 0) is 50.8 Å². The molecule has 0 saturated carbocycles. The summed E-state index contributed by atoms with van der Waals surface area (Å²) in [5.41, 5.74) is 1.44. The minimum atomic E-state index is -4.00. The first kappa shape index (κ1) is 20.4. The minimum Gasteiger partial charge on any atom is -0.408 e.